The first-order valence-electron chi connectivity index (χ1n) is 9.31. The van der Waals surface area contributed by atoms with Crippen molar-refractivity contribution in [3.63, 3.8) is 0 Å². The third-order valence-corrected chi connectivity index (χ3v) is 5.03. The summed E-state index contributed by atoms with van der Waals surface area (Å²) in [4.78, 5) is 14.8. The molecular formula is C22H24ClN3O. The summed E-state index contributed by atoms with van der Waals surface area (Å²) >= 11 is 5.92. The average Bonchev–Trinajstić information content (AvgIpc) is 3.39. The largest absolute Gasteiger partial charge is 0.336 e. The molecule has 140 valence electrons. The summed E-state index contributed by atoms with van der Waals surface area (Å²) in [6.45, 7) is 2.97. The second-order valence-electron chi connectivity index (χ2n) is 6.52. The number of nitrogens with zero attached hydrogens (tertiary/aromatic N) is 2. The van der Waals surface area contributed by atoms with Crippen molar-refractivity contribution in [1.82, 2.24) is 15.1 Å². The van der Waals surface area contributed by atoms with Gasteiger partial charge in [0.05, 0.1) is 17.5 Å². The summed E-state index contributed by atoms with van der Waals surface area (Å²) in [5.74, 6) is 0.0676. The van der Waals surface area contributed by atoms with Gasteiger partial charge >= 0.3 is 0 Å². The van der Waals surface area contributed by atoms with Crippen LogP contribution in [0.4, 0.5) is 0 Å². The van der Waals surface area contributed by atoms with E-state index in [2.05, 4.69) is 17.1 Å². The SMILES string of the molecule is CCC1CCCN1C(=O)c1cn[nH]c1-c1ccc(Cl)cc1.c1ccccc1. The van der Waals surface area contributed by atoms with Crippen molar-refractivity contribution >= 4 is 17.5 Å². The molecule has 27 heavy (non-hydrogen) atoms. The highest BCUT2D eigenvalue weighted by molar-refractivity contribution is 6.30. The molecule has 0 radical (unpaired) electrons. The van der Waals surface area contributed by atoms with Gasteiger partial charge in [0.25, 0.3) is 5.91 Å². The fourth-order valence-electron chi connectivity index (χ4n) is 3.35. The molecule has 1 aromatic heterocycles. The van der Waals surface area contributed by atoms with E-state index in [-0.39, 0.29) is 5.91 Å². The number of carbonyl (C=O) groups is 1. The molecular weight excluding hydrogens is 358 g/mol. The van der Waals surface area contributed by atoms with Crippen LogP contribution in [0.5, 0.6) is 0 Å². The Hall–Kier alpha value is -2.59. The van der Waals surface area contributed by atoms with Gasteiger partial charge in [-0.3, -0.25) is 9.89 Å². The van der Waals surface area contributed by atoms with E-state index in [9.17, 15) is 4.79 Å². The van der Waals surface area contributed by atoms with Crippen LogP contribution in [0, 0.1) is 0 Å². The number of H-pyrrole nitrogens is 1. The highest BCUT2D eigenvalue weighted by atomic mass is 35.5. The van der Waals surface area contributed by atoms with Crippen LogP contribution in [0.1, 0.15) is 36.5 Å². The maximum Gasteiger partial charge on any atom is 0.257 e. The van der Waals surface area contributed by atoms with E-state index in [4.69, 9.17) is 11.6 Å². The Labute approximate surface area is 165 Å². The second kappa shape index (κ2) is 9.38. The van der Waals surface area contributed by atoms with E-state index >= 15 is 0 Å². The number of hydrogen-bond acceptors (Lipinski definition) is 2. The Morgan fingerprint density at radius 3 is 2.37 bits per heavy atom. The van der Waals surface area contributed by atoms with Crippen molar-refractivity contribution < 1.29 is 4.79 Å². The van der Waals surface area contributed by atoms with Crippen LogP contribution in [0.15, 0.2) is 66.9 Å². The topological polar surface area (TPSA) is 49.0 Å². The molecule has 1 saturated heterocycles. The highest BCUT2D eigenvalue weighted by Crippen LogP contribution is 2.27. The summed E-state index contributed by atoms with van der Waals surface area (Å²) in [7, 11) is 0. The van der Waals surface area contributed by atoms with E-state index in [1.807, 2.05) is 65.6 Å². The minimum atomic E-state index is 0.0676. The first-order valence-corrected chi connectivity index (χ1v) is 9.68. The number of halogens is 1. The fourth-order valence-corrected chi connectivity index (χ4v) is 3.48. The van der Waals surface area contributed by atoms with E-state index in [0.29, 0.717) is 16.6 Å². The van der Waals surface area contributed by atoms with Crippen LogP contribution < -0.4 is 0 Å². The standard InChI is InChI=1S/C16H18ClN3O.C6H6/c1-2-13-4-3-9-20(13)16(21)14-10-18-19-15(14)11-5-7-12(17)8-6-11;1-2-4-6-5-3-1/h5-8,10,13H,2-4,9H2,1H3,(H,18,19);1-6H. The zero-order chi connectivity index (χ0) is 19.1. The number of rotatable bonds is 3. The summed E-state index contributed by atoms with van der Waals surface area (Å²) < 4.78 is 0. The molecule has 1 aliphatic heterocycles. The van der Waals surface area contributed by atoms with Crippen molar-refractivity contribution in [2.45, 2.75) is 32.2 Å². The molecule has 4 rings (SSSR count). The molecule has 1 atom stereocenters. The first-order chi connectivity index (χ1) is 13.2. The molecule has 0 bridgehead atoms. The normalized spacial score (nSPS) is 15.9. The van der Waals surface area contributed by atoms with Gasteiger partial charge in [-0.15, -0.1) is 0 Å². The molecule has 2 heterocycles. The molecule has 4 nitrogen and oxygen atoms in total. The number of nitrogens with one attached hydrogen (secondary N) is 1. The fraction of sp³-hybridized carbons (Fsp3) is 0.273. The highest BCUT2D eigenvalue weighted by Gasteiger charge is 2.30. The van der Waals surface area contributed by atoms with Gasteiger partial charge in [0.2, 0.25) is 0 Å². The number of aromatic amines is 1. The maximum absolute atomic E-state index is 12.8. The monoisotopic (exact) mass is 381 g/mol. The summed E-state index contributed by atoms with van der Waals surface area (Å²) in [5, 5.41) is 7.67. The van der Waals surface area contributed by atoms with Crippen LogP contribution >= 0.6 is 11.6 Å². The van der Waals surface area contributed by atoms with Crippen LogP contribution in [-0.2, 0) is 0 Å². The lowest BCUT2D eigenvalue weighted by Gasteiger charge is -2.23. The molecule has 2 aromatic carbocycles. The van der Waals surface area contributed by atoms with Gasteiger partial charge in [-0.25, -0.2) is 0 Å². The lowest BCUT2D eigenvalue weighted by atomic mass is 10.1. The van der Waals surface area contributed by atoms with Crippen molar-refractivity contribution in [2.75, 3.05) is 6.54 Å². The van der Waals surface area contributed by atoms with E-state index in [1.165, 1.54) is 0 Å². The molecule has 1 unspecified atom stereocenters. The van der Waals surface area contributed by atoms with Crippen molar-refractivity contribution in [3.05, 3.63) is 77.4 Å². The maximum atomic E-state index is 12.8. The van der Waals surface area contributed by atoms with E-state index in [0.717, 1.165) is 37.1 Å². The van der Waals surface area contributed by atoms with Gasteiger partial charge in [0.1, 0.15) is 0 Å². The zero-order valence-corrected chi connectivity index (χ0v) is 16.2. The lowest BCUT2D eigenvalue weighted by Crippen LogP contribution is -2.35. The predicted molar refractivity (Wildman–Crippen MR) is 110 cm³/mol. The number of amides is 1. The van der Waals surface area contributed by atoms with Crippen molar-refractivity contribution in [2.24, 2.45) is 0 Å². The number of carbonyl (C=O) groups excluding carboxylic acids is 1. The quantitative estimate of drug-likeness (QED) is 0.657. The Morgan fingerprint density at radius 1 is 1.15 bits per heavy atom. The number of aromatic nitrogens is 2. The van der Waals surface area contributed by atoms with Crippen molar-refractivity contribution in [3.8, 4) is 11.3 Å². The van der Waals surface area contributed by atoms with Gasteiger partial charge < -0.3 is 4.90 Å². The van der Waals surface area contributed by atoms with Crippen molar-refractivity contribution in [1.29, 1.82) is 0 Å². The Balaban J connectivity index is 0.000000299. The molecule has 1 amide bonds. The Morgan fingerprint density at radius 2 is 1.78 bits per heavy atom. The van der Waals surface area contributed by atoms with E-state index < -0.39 is 0 Å². The molecule has 1 N–H and O–H groups in total. The molecule has 0 spiro atoms. The Bertz CT molecular complexity index is 819. The molecule has 5 heteroatoms. The lowest BCUT2D eigenvalue weighted by molar-refractivity contribution is 0.0734. The average molecular weight is 382 g/mol. The Kier molecular flexibility index (Phi) is 6.66. The van der Waals surface area contributed by atoms with Crippen LogP contribution in [-0.4, -0.2) is 33.6 Å². The molecule has 1 aliphatic rings. The summed E-state index contributed by atoms with van der Waals surface area (Å²) in [6.07, 6.45) is 4.80. The van der Waals surface area contributed by atoms with Crippen LogP contribution in [0.3, 0.4) is 0 Å². The van der Waals surface area contributed by atoms with E-state index in [1.54, 1.807) is 6.20 Å². The number of hydrogen-bond donors (Lipinski definition) is 1. The smallest absolute Gasteiger partial charge is 0.257 e. The first kappa shape index (κ1) is 19.2. The summed E-state index contributed by atoms with van der Waals surface area (Å²) in [5.41, 5.74) is 2.32. The van der Waals surface area contributed by atoms with Gasteiger partial charge in [-0.2, -0.15) is 5.10 Å². The second-order valence-corrected chi connectivity index (χ2v) is 6.96. The predicted octanol–water partition coefficient (Wildman–Crippen LogP) is 5.43. The third kappa shape index (κ3) is 4.77. The van der Waals surface area contributed by atoms with Crippen LogP contribution in [0.25, 0.3) is 11.3 Å². The molecule has 0 saturated carbocycles. The van der Waals surface area contributed by atoms with Gasteiger partial charge in [-0.1, -0.05) is 67.1 Å². The number of likely N-dealkylation sites (tertiary alicyclic amines) is 1. The van der Waals surface area contributed by atoms with Crippen LogP contribution in [0.2, 0.25) is 5.02 Å². The van der Waals surface area contributed by atoms with Gasteiger partial charge in [-0.05, 0) is 31.4 Å². The van der Waals surface area contributed by atoms with Gasteiger partial charge in [0, 0.05) is 23.2 Å². The summed E-state index contributed by atoms with van der Waals surface area (Å²) in [6, 6.07) is 19.8. The zero-order valence-electron chi connectivity index (χ0n) is 15.4. The molecule has 0 aliphatic carbocycles. The molecule has 3 aromatic rings. The third-order valence-electron chi connectivity index (χ3n) is 4.78. The minimum absolute atomic E-state index is 0.0676. The molecule has 1 fully saturated rings. The van der Waals surface area contributed by atoms with Gasteiger partial charge in [0.15, 0.2) is 0 Å². The minimum Gasteiger partial charge on any atom is -0.336 e. The number of benzene rings is 2.